The molecule has 7 nitrogen and oxygen atoms in total. The van der Waals surface area contributed by atoms with Gasteiger partial charge in [-0.3, -0.25) is 4.79 Å². The van der Waals surface area contributed by atoms with Gasteiger partial charge in [-0.2, -0.15) is 5.10 Å². The molecule has 0 saturated heterocycles. The number of carbonyl (C=O) groups excluding carboxylic acids is 1. The number of nitrogens with one attached hydrogen (secondary N) is 1. The van der Waals surface area contributed by atoms with E-state index in [1.807, 2.05) is 49.4 Å². The maximum absolute atomic E-state index is 12.4. The molecule has 0 aliphatic carbocycles. The Balaban J connectivity index is 1.53. The summed E-state index contributed by atoms with van der Waals surface area (Å²) in [6.07, 6.45) is 0. The van der Waals surface area contributed by atoms with Gasteiger partial charge in [-0.1, -0.05) is 30.3 Å². The number of halogens is 1. The predicted molar refractivity (Wildman–Crippen MR) is 112 cm³/mol. The highest BCUT2D eigenvalue weighted by atomic mass is 79.9. The van der Waals surface area contributed by atoms with Crippen molar-refractivity contribution in [3.63, 3.8) is 0 Å². The second-order valence-electron chi connectivity index (χ2n) is 6.50. The van der Waals surface area contributed by atoms with Crippen LogP contribution in [0.2, 0.25) is 0 Å². The van der Waals surface area contributed by atoms with E-state index in [1.165, 1.54) is 0 Å². The molecule has 2 aromatic heterocycles. The van der Waals surface area contributed by atoms with Gasteiger partial charge in [0.05, 0.1) is 15.9 Å². The van der Waals surface area contributed by atoms with Gasteiger partial charge in [-0.05, 0) is 52.7 Å². The van der Waals surface area contributed by atoms with Crippen molar-refractivity contribution >= 4 is 21.8 Å². The second-order valence-corrected chi connectivity index (χ2v) is 7.29. The lowest BCUT2D eigenvalue weighted by Gasteiger charge is -2.08. The van der Waals surface area contributed by atoms with E-state index in [0.29, 0.717) is 29.6 Å². The van der Waals surface area contributed by atoms with Crippen molar-refractivity contribution in [2.75, 3.05) is 0 Å². The molecule has 29 heavy (non-hydrogen) atoms. The van der Waals surface area contributed by atoms with Gasteiger partial charge < -0.3 is 9.73 Å². The molecular formula is C21H18BrN5O2. The lowest BCUT2D eigenvalue weighted by atomic mass is 10.1. The molecule has 0 saturated carbocycles. The molecule has 146 valence electrons. The van der Waals surface area contributed by atoms with Gasteiger partial charge in [0.1, 0.15) is 0 Å². The molecule has 1 N–H and O–H groups in total. The van der Waals surface area contributed by atoms with Crippen molar-refractivity contribution in [2.45, 2.75) is 20.4 Å². The molecule has 0 unspecified atom stereocenters. The summed E-state index contributed by atoms with van der Waals surface area (Å²) in [5.41, 5.74) is 3.93. The van der Waals surface area contributed by atoms with Crippen LogP contribution in [0.3, 0.4) is 0 Å². The Morgan fingerprint density at radius 3 is 2.45 bits per heavy atom. The van der Waals surface area contributed by atoms with E-state index in [-0.39, 0.29) is 5.91 Å². The minimum absolute atomic E-state index is 0.124. The first-order valence-corrected chi connectivity index (χ1v) is 9.80. The van der Waals surface area contributed by atoms with E-state index in [0.717, 1.165) is 21.4 Å². The van der Waals surface area contributed by atoms with Gasteiger partial charge in [-0.15, -0.1) is 10.2 Å². The Labute approximate surface area is 175 Å². The molecule has 4 rings (SSSR count). The van der Waals surface area contributed by atoms with E-state index in [1.54, 1.807) is 23.7 Å². The lowest BCUT2D eigenvalue weighted by Crippen LogP contribution is -2.22. The third kappa shape index (κ3) is 3.97. The summed E-state index contributed by atoms with van der Waals surface area (Å²) in [5, 5.41) is 15.4. The van der Waals surface area contributed by atoms with Crippen molar-refractivity contribution in [1.29, 1.82) is 0 Å². The van der Waals surface area contributed by atoms with Crippen molar-refractivity contribution < 1.29 is 9.21 Å². The highest BCUT2D eigenvalue weighted by Gasteiger charge is 2.19. The Morgan fingerprint density at radius 1 is 1.07 bits per heavy atom. The Bertz CT molecular complexity index is 1150. The van der Waals surface area contributed by atoms with E-state index in [9.17, 15) is 4.79 Å². The van der Waals surface area contributed by atoms with Crippen molar-refractivity contribution in [3.05, 3.63) is 81.8 Å². The number of rotatable bonds is 5. The number of amides is 1. The zero-order valence-electron chi connectivity index (χ0n) is 15.9. The van der Waals surface area contributed by atoms with Crippen LogP contribution in [0, 0.1) is 13.8 Å². The summed E-state index contributed by atoms with van der Waals surface area (Å²) in [7, 11) is 0. The number of hydrogen-bond donors (Lipinski definition) is 1. The first-order valence-electron chi connectivity index (χ1n) is 9.01. The van der Waals surface area contributed by atoms with Gasteiger partial charge in [0.25, 0.3) is 11.8 Å². The Morgan fingerprint density at radius 2 is 1.79 bits per heavy atom. The van der Waals surface area contributed by atoms with Crippen molar-refractivity contribution in [3.8, 4) is 17.3 Å². The minimum atomic E-state index is -0.124. The smallest absolute Gasteiger partial charge is 0.269 e. The first-order chi connectivity index (χ1) is 14.0. The van der Waals surface area contributed by atoms with Gasteiger partial charge in [0, 0.05) is 19.0 Å². The molecule has 0 radical (unpaired) electrons. The van der Waals surface area contributed by atoms with Crippen LogP contribution in [0.25, 0.3) is 17.3 Å². The van der Waals surface area contributed by atoms with Crippen molar-refractivity contribution in [1.82, 2.24) is 25.3 Å². The molecule has 0 spiro atoms. The maximum Gasteiger partial charge on any atom is 0.269 e. The minimum Gasteiger partial charge on any atom is -0.420 e. The fourth-order valence-corrected chi connectivity index (χ4v) is 3.31. The van der Waals surface area contributed by atoms with E-state index in [4.69, 9.17) is 4.42 Å². The number of benzene rings is 2. The van der Waals surface area contributed by atoms with E-state index in [2.05, 4.69) is 36.5 Å². The molecule has 0 bridgehead atoms. The maximum atomic E-state index is 12.4. The average Bonchev–Trinajstić information content (AvgIpc) is 3.30. The summed E-state index contributed by atoms with van der Waals surface area (Å²) in [5.74, 6) is 0.707. The zero-order chi connectivity index (χ0) is 20.4. The third-order valence-electron chi connectivity index (χ3n) is 4.44. The normalized spacial score (nSPS) is 10.9. The van der Waals surface area contributed by atoms with Crippen LogP contribution in [0.15, 0.2) is 63.5 Å². The van der Waals surface area contributed by atoms with Crippen LogP contribution in [-0.2, 0) is 6.54 Å². The van der Waals surface area contributed by atoms with Gasteiger partial charge in [0.2, 0.25) is 5.89 Å². The molecule has 1 amide bonds. The highest BCUT2D eigenvalue weighted by molar-refractivity contribution is 9.10. The SMILES string of the molecule is Cc1nnc(-c2nn(-c3ccc(C(=O)NCc4ccccc4)cc3)c(C)c2Br)o1. The molecule has 0 atom stereocenters. The fourth-order valence-electron chi connectivity index (χ4n) is 2.90. The summed E-state index contributed by atoms with van der Waals surface area (Å²) in [4.78, 5) is 12.4. The number of nitrogens with zero attached hydrogens (tertiary/aromatic N) is 4. The summed E-state index contributed by atoms with van der Waals surface area (Å²) >= 11 is 3.55. The second kappa shape index (κ2) is 8.00. The number of carbonyl (C=O) groups is 1. The predicted octanol–water partition coefficient (Wildman–Crippen LogP) is 4.23. The molecule has 4 aromatic rings. The van der Waals surface area contributed by atoms with Gasteiger partial charge in [0.15, 0.2) is 5.69 Å². The molecule has 0 aliphatic rings. The Kier molecular flexibility index (Phi) is 5.26. The van der Waals surface area contributed by atoms with Gasteiger partial charge in [-0.25, -0.2) is 4.68 Å². The van der Waals surface area contributed by atoms with Crippen LogP contribution in [0.5, 0.6) is 0 Å². The average molecular weight is 452 g/mol. The van der Waals surface area contributed by atoms with Crippen molar-refractivity contribution in [2.24, 2.45) is 0 Å². The molecule has 2 aromatic carbocycles. The molecule has 2 heterocycles. The van der Waals surface area contributed by atoms with E-state index >= 15 is 0 Å². The summed E-state index contributed by atoms with van der Waals surface area (Å²) in [6, 6.07) is 17.1. The topological polar surface area (TPSA) is 85.8 Å². The lowest BCUT2D eigenvalue weighted by molar-refractivity contribution is 0.0951. The molecule has 8 heteroatoms. The summed E-state index contributed by atoms with van der Waals surface area (Å²) in [6.45, 7) is 4.15. The largest absolute Gasteiger partial charge is 0.420 e. The highest BCUT2D eigenvalue weighted by Crippen LogP contribution is 2.30. The number of aryl methyl sites for hydroxylation is 1. The number of hydrogen-bond acceptors (Lipinski definition) is 5. The quantitative estimate of drug-likeness (QED) is 0.490. The molecular weight excluding hydrogens is 434 g/mol. The van der Waals surface area contributed by atoms with Crippen LogP contribution in [0.4, 0.5) is 0 Å². The van der Waals surface area contributed by atoms with Crippen LogP contribution >= 0.6 is 15.9 Å². The van der Waals surface area contributed by atoms with E-state index < -0.39 is 0 Å². The monoisotopic (exact) mass is 451 g/mol. The van der Waals surface area contributed by atoms with Crippen LogP contribution in [0.1, 0.15) is 27.5 Å². The third-order valence-corrected chi connectivity index (χ3v) is 5.39. The molecule has 0 fully saturated rings. The van der Waals surface area contributed by atoms with Crippen LogP contribution < -0.4 is 5.32 Å². The Hall–Kier alpha value is -3.26. The standard InChI is InChI=1S/C21H18BrN5O2/c1-13-18(22)19(21-25-24-14(2)29-21)26-27(13)17-10-8-16(9-11-17)20(28)23-12-15-6-4-3-5-7-15/h3-11H,12H2,1-2H3,(H,23,28). The first kappa shape index (κ1) is 19.1. The fraction of sp³-hybridized carbons (Fsp3) is 0.143. The van der Waals surface area contributed by atoms with Crippen LogP contribution in [-0.4, -0.2) is 25.9 Å². The van der Waals surface area contributed by atoms with Gasteiger partial charge >= 0.3 is 0 Å². The number of aromatic nitrogens is 4. The summed E-state index contributed by atoms with van der Waals surface area (Å²) < 4.78 is 8.04. The molecule has 0 aliphatic heterocycles. The zero-order valence-corrected chi connectivity index (χ0v) is 17.5.